The van der Waals surface area contributed by atoms with Crippen molar-refractivity contribution in [1.29, 1.82) is 0 Å². The van der Waals surface area contributed by atoms with Crippen LogP contribution in [0.4, 0.5) is 4.79 Å². The second-order valence-electron chi connectivity index (χ2n) is 5.24. The Morgan fingerprint density at radius 3 is 2.40 bits per heavy atom. The molecule has 0 N–H and O–H groups in total. The predicted molar refractivity (Wildman–Crippen MR) is 75.4 cm³/mol. The minimum Gasteiger partial charge on any atom is -0.378 e. The van der Waals surface area contributed by atoms with Gasteiger partial charge in [-0.05, 0) is 26.7 Å². The Morgan fingerprint density at radius 1 is 1.15 bits per heavy atom. The van der Waals surface area contributed by atoms with E-state index in [9.17, 15) is 9.59 Å². The van der Waals surface area contributed by atoms with E-state index >= 15 is 0 Å². The molecule has 2 saturated heterocycles. The molecule has 2 fully saturated rings. The summed E-state index contributed by atoms with van der Waals surface area (Å²) in [6, 6.07) is -0.277. The maximum atomic E-state index is 12.6. The molecule has 2 rings (SSSR count). The molecule has 6 nitrogen and oxygen atoms in total. The topological polar surface area (TPSA) is 53.1 Å². The molecule has 3 amide bonds. The maximum absolute atomic E-state index is 12.6. The standard InChI is InChI=1S/C14H25N3O3/c1-3-15(4-2)14(19)17-7-5-6-12(17)13(18)16-8-10-20-11-9-16/h12H,3-11H2,1-2H3/t12-/m1/s1. The highest BCUT2D eigenvalue weighted by molar-refractivity contribution is 5.87. The number of carbonyl (C=O) groups is 2. The summed E-state index contributed by atoms with van der Waals surface area (Å²) in [5.74, 6) is 0.0892. The number of rotatable bonds is 3. The fourth-order valence-electron chi connectivity index (χ4n) is 2.92. The van der Waals surface area contributed by atoms with E-state index in [2.05, 4.69) is 0 Å². The van der Waals surface area contributed by atoms with Gasteiger partial charge in [-0.2, -0.15) is 0 Å². The van der Waals surface area contributed by atoms with Crippen molar-refractivity contribution >= 4 is 11.9 Å². The molecule has 6 heteroatoms. The number of hydrogen-bond donors (Lipinski definition) is 0. The van der Waals surface area contributed by atoms with Crippen LogP contribution in [0.2, 0.25) is 0 Å². The first kappa shape index (κ1) is 15.1. The number of hydrogen-bond acceptors (Lipinski definition) is 3. The van der Waals surface area contributed by atoms with E-state index in [4.69, 9.17) is 4.74 Å². The van der Waals surface area contributed by atoms with E-state index in [-0.39, 0.29) is 18.0 Å². The molecule has 2 aliphatic rings. The van der Waals surface area contributed by atoms with Crippen LogP contribution < -0.4 is 0 Å². The van der Waals surface area contributed by atoms with Gasteiger partial charge in [-0.3, -0.25) is 4.79 Å². The van der Waals surface area contributed by atoms with Gasteiger partial charge in [0.1, 0.15) is 6.04 Å². The number of likely N-dealkylation sites (tertiary alicyclic amines) is 1. The Hall–Kier alpha value is -1.30. The highest BCUT2D eigenvalue weighted by atomic mass is 16.5. The average Bonchev–Trinajstić information content (AvgIpc) is 2.98. The summed E-state index contributed by atoms with van der Waals surface area (Å²) >= 11 is 0. The lowest BCUT2D eigenvalue weighted by Gasteiger charge is -2.34. The van der Waals surface area contributed by atoms with E-state index in [1.807, 2.05) is 18.7 Å². The summed E-state index contributed by atoms with van der Waals surface area (Å²) in [4.78, 5) is 30.4. The van der Waals surface area contributed by atoms with Crippen molar-refractivity contribution in [2.45, 2.75) is 32.7 Å². The summed E-state index contributed by atoms with van der Waals surface area (Å²) in [5, 5.41) is 0. The number of ether oxygens (including phenoxy) is 1. The molecule has 0 aromatic heterocycles. The molecule has 2 aliphatic heterocycles. The van der Waals surface area contributed by atoms with Gasteiger partial charge in [-0.15, -0.1) is 0 Å². The molecule has 0 aromatic rings. The molecule has 0 bridgehead atoms. The Morgan fingerprint density at radius 2 is 1.80 bits per heavy atom. The Labute approximate surface area is 120 Å². The zero-order chi connectivity index (χ0) is 14.5. The van der Waals surface area contributed by atoms with Crippen LogP contribution in [0.5, 0.6) is 0 Å². The first-order valence-corrected chi connectivity index (χ1v) is 7.61. The van der Waals surface area contributed by atoms with Crippen molar-refractivity contribution in [3.63, 3.8) is 0 Å². The minimum atomic E-state index is -0.277. The third kappa shape index (κ3) is 3.06. The quantitative estimate of drug-likeness (QED) is 0.769. The number of urea groups is 1. The third-order valence-corrected chi connectivity index (χ3v) is 4.14. The van der Waals surface area contributed by atoms with Crippen LogP contribution in [0.1, 0.15) is 26.7 Å². The molecular formula is C14H25N3O3. The van der Waals surface area contributed by atoms with Gasteiger partial charge in [-0.25, -0.2) is 4.79 Å². The van der Waals surface area contributed by atoms with Crippen molar-refractivity contribution in [3.05, 3.63) is 0 Å². The highest BCUT2D eigenvalue weighted by Crippen LogP contribution is 2.21. The summed E-state index contributed by atoms with van der Waals surface area (Å²) in [6.45, 7) is 8.48. The van der Waals surface area contributed by atoms with Gasteiger partial charge in [-0.1, -0.05) is 0 Å². The normalized spacial score (nSPS) is 23.0. The van der Waals surface area contributed by atoms with Crippen molar-refractivity contribution < 1.29 is 14.3 Å². The average molecular weight is 283 g/mol. The first-order chi connectivity index (χ1) is 9.69. The Balaban J connectivity index is 2.02. The van der Waals surface area contributed by atoms with Crippen LogP contribution in [-0.4, -0.2) is 78.6 Å². The van der Waals surface area contributed by atoms with E-state index in [1.165, 1.54) is 0 Å². The van der Waals surface area contributed by atoms with Gasteiger partial charge in [0.2, 0.25) is 5.91 Å². The fraction of sp³-hybridized carbons (Fsp3) is 0.857. The van der Waals surface area contributed by atoms with Crippen molar-refractivity contribution in [1.82, 2.24) is 14.7 Å². The predicted octanol–water partition coefficient (Wildman–Crippen LogP) is 0.771. The molecule has 2 heterocycles. The third-order valence-electron chi connectivity index (χ3n) is 4.14. The van der Waals surface area contributed by atoms with Gasteiger partial charge in [0.15, 0.2) is 0 Å². The lowest BCUT2D eigenvalue weighted by Crippen LogP contribution is -2.53. The molecule has 0 radical (unpaired) electrons. The van der Waals surface area contributed by atoms with Crippen LogP contribution in [0, 0.1) is 0 Å². The van der Waals surface area contributed by atoms with Gasteiger partial charge in [0.05, 0.1) is 13.2 Å². The summed E-state index contributed by atoms with van der Waals surface area (Å²) in [7, 11) is 0. The van der Waals surface area contributed by atoms with Gasteiger partial charge in [0.25, 0.3) is 0 Å². The number of amides is 3. The number of carbonyl (C=O) groups excluding carboxylic acids is 2. The molecule has 0 saturated carbocycles. The van der Waals surface area contributed by atoms with Crippen molar-refractivity contribution in [2.75, 3.05) is 45.9 Å². The fourth-order valence-corrected chi connectivity index (χ4v) is 2.92. The monoisotopic (exact) mass is 283 g/mol. The number of morpholine rings is 1. The second-order valence-corrected chi connectivity index (χ2v) is 5.24. The molecule has 1 atom stereocenters. The molecule has 0 spiro atoms. The molecule has 0 aliphatic carbocycles. The van der Waals surface area contributed by atoms with Gasteiger partial charge < -0.3 is 19.4 Å². The molecule has 20 heavy (non-hydrogen) atoms. The van der Waals surface area contributed by atoms with Crippen LogP contribution in [0.15, 0.2) is 0 Å². The SMILES string of the molecule is CCN(CC)C(=O)N1CCC[C@@H]1C(=O)N1CCOCC1. The van der Waals surface area contributed by atoms with Crippen LogP contribution in [0.25, 0.3) is 0 Å². The van der Waals surface area contributed by atoms with Crippen LogP contribution in [-0.2, 0) is 9.53 Å². The van der Waals surface area contributed by atoms with Crippen LogP contribution in [0.3, 0.4) is 0 Å². The maximum Gasteiger partial charge on any atom is 0.320 e. The molecule has 0 aromatic carbocycles. The molecular weight excluding hydrogens is 258 g/mol. The Bertz CT molecular complexity index is 352. The van der Waals surface area contributed by atoms with Gasteiger partial charge in [0, 0.05) is 32.7 Å². The largest absolute Gasteiger partial charge is 0.378 e. The number of nitrogens with zero attached hydrogens (tertiary/aromatic N) is 3. The first-order valence-electron chi connectivity index (χ1n) is 7.61. The van der Waals surface area contributed by atoms with E-state index in [0.29, 0.717) is 45.9 Å². The van der Waals surface area contributed by atoms with Crippen molar-refractivity contribution in [3.8, 4) is 0 Å². The molecule has 114 valence electrons. The van der Waals surface area contributed by atoms with Crippen LogP contribution >= 0.6 is 0 Å². The smallest absolute Gasteiger partial charge is 0.320 e. The van der Waals surface area contributed by atoms with E-state index in [0.717, 1.165) is 12.8 Å². The zero-order valence-electron chi connectivity index (χ0n) is 12.5. The lowest BCUT2D eigenvalue weighted by atomic mass is 10.2. The van der Waals surface area contributed by atoms with E-state index in [1.54, 1.807) is 9.80 Å². The lowest BCUT2D eigenvalue weighted by molar-refractivity contribution is -0.139. The molecule has 0 unspecified atom stereocenters. The highest BCUT2D eigenvalue weighted by Gasteiger charge is 2.38. The summed E-state index contributed by atoms with van der Waals surface area (Å²) in [5.41, 5.74) is 0. The minimum absolute atomic E-state index is 0.000825. The summed E-state index contributed by atoms with van der Waals surface area (Å²) < 4.78 is 5.28. The summed E-state index contributed by atoms with van der Waals surface area (Å²) in [6.07, 6.45) is 1.69. The Kier molecular flexibility index (Phi) is 5.23. The second kappa shape index (κ2) is 6.92. The van der Waals surface area contributed by atoms with Gasteiger partial charge >= 0.3 is 6.03 Å². The zero-order valence-corrected chi connectivity index (χ0v) is 12.5. The van der Waals surface area contributed by atoms with E-state index < -0.39 is 0 Å². The van der Waals surface area contributed by atoms with Crippen molar-refractivity contribution in [2.24, 2.45) is 0 Å².